The van der Waals surface area contributed by atoms with Gasteiger partial charge in [0, 0.05) is 6.54 Å². The Bertz CT molecular complexity index is 1450. The van der Waals surface area contributed by atoms with E-state index in [2.05, 4.69) is 19.2 Å². The lowest BCUT2D eigenvalue weighted by Gasteiger charge is -2.33. The summed E-state index contributed by atoms with van der Waals surface area (Å²) in [5.74, 6) is -0.322. The highest BCUT2D eigenvalue weighted by molar-refractivity contribution is 5.89. The Balaban J connectivity index is 1.87. The molecule has 192 valence electrons. The quantitative estimate of drug-likeness (QED) is 0.291. The first kappa shape index (κ1) is 26.0. The van der Waals surface area contributed by atoms with E-state index >= 15 is 0 Å². The molecular weight excluding hydrogens is 474 g/mol. The van der Waals surface area contributed by atoms with E-state index in [0.717, 1.165) is 0 Å². The molecule has 1 atom stereocenters. The van der Waals surface area contributed by atoms with Crippen LogP contribution in [0.25, 0.3) is 16.6 Å². The molecule has 0 aliphatic carbocycles. The number of carbonyl (C=O) groups is 1. The summed E-state index contributed by atoms with van der Waals surface area (Å²) in [6, 6.07) is 17.4. The second kappa shape index (κ2) is 11.3. The van der Waals surface area contributed by atoms with Gasteiger partial charge in [0.05, 0.1) is 28.3 Å². The van der Waals surface area contributed by atoms with Crippen LogP contribution in [0.4, 0.5) is 19.3 Å². The lowest BCUT2D eigenvalue weighted by Crippen LogP contribution is -2.41. The molecule has 8 heteroatoms. The number of fused-ring (bicyclic) bond motifs is 1. The number of nitrogens with zero attached hydrogens (tertiary/aromatic N) is 3. The number of nitrogens with one attached hydrogen (secondary N) is 1. The number of halogens is 2. The van der Waals surface area contributed by atoms with Crippen LogP contribution in [-0.4, -0.2) is 27.0 Å². The summed E-state index contributed by atoms with van der Waals surface area (Å²) in [6.07, 6.45) is 1.13. The van der Waals surface area contributed by atoms with E-state index in [4.69, 9.17) is 4.98 Å². The van der Waals surface area contributed by atoms with Crippen LogP contribution in [0.3, 0.4) is 0 Å². The van der Waals surface area contributed by atoms with Gasteiger partial charge in [-0.2, -0.15) is 0 Å². The summed E-state index contributed by atoms with van der Waals surface area (Å²) in [6.45, 7) is 6.37. The molecule has 2 amide bonds. The van der Waals surface area contributed by atoms with Crippen molar-refractivity contribution in [1.29, 1.82) is 0 Å². The van der Waals surface area contributed by atoms with Crippen molar-refractivity contribution in [1.82, 2.24) is 14.5 Å². The van der Waals surface area contributed by atoms with Crippen LogP contribution in [0.5, 0.6) is 0 Å². The zero-order chi connectivity index (χ0) is 26.5. The Kier molecular flexibility index (Phi) is 7.96. The number of carbonyl (C=O) groups excluding carboxylic acids is 1. The highest BCUT2D eigenvalue weighted by Crippen LogP contribution is 2.28. The van der Waals surface area contributed by atoms with Crippen LogP contribution in [0.15, 0.2) is 77.6 Å². The van der Waals surface area contributed by atoms with Crippen molar-refractivity contribution in [2.24, 2.45) is 5.92 Å². The fourth-order valence-electron chi connectivity index (χ4n) is 4.30. The molecule has 0 bridgehead atoms. The largest absolute Gasteiger partial charge is 0.322 e. The van der Waals surface area contributed by atoms with Gasteiger partial charge in [0.25, 0.3) is 5.56 Å². The summed E-state index contributed by atoms with van der Waals surface area (Å²) >= 11 is 0. The third kappa shape index (κ3) is 5.69. The summed E-state index contributed by atoms with van der Waals surface area (Å²) in [5.41, 5.74) is 0.692. The SMILES string of the molecule is CCC(c1nc2ccccc2c(=O)n1-c1ccc(F)cc1)N(CCC(C)C)C(=O)Nc1ccccc1F. The first-order valence-electron chi connectivity index (χ1n) is 12.4. The van der Waals surface area contributed by atoms with Crippen molar-refractivity contribution in [3.8, 4) is 5.69 Å². The summed E-state index contributed by atoms with van der Waals surface area (Å²) in [4.78, 5) is 33.7. The Morgan fingerprint density at radius 2 is 1.68 bits per heavy atom. The average molecular weight is 505 g/mol. The normalized spacial score (nSPS) is 12.1. The molecule has 0 aliphatic rings. The van der Waals surface area contributed by atoms with Crippen LogP contribution in [-0.2, 0) is 0 Å². The molecular formula is C29H30F2N4O2. The average Bonchev–Trinajstić information content (AvgIpc) is 2.88. The molecule has 1 unspecified atom stereocenters. The first-order chi connectivity index (χ1) is 17.8. The molecule has 1 aromatic heterocycles. The van der Waals surface area contributed by atoms with Gasteiger partial charge < -0.3 is 10.2 Å². The van der Waals surface area contributed by atoms with Crippen molar-refractivity contribution in [2.75, 3.05) is 11.9 Å². The number of rotatable bonds is 8. The summed E-state index contributed by atoms with van der Waals surface area (Å²) in [7, 11) is 0. The van der Waals surface area contributed by atoms with E-state index < -0.39 is 23.7 Å². The molecule has 0 fully saturated rings. The van der Waals surface area contributed by atoms with E-state index in [1.807, 2.05) is 6.92 Å². The van der Waals surface area contributed by atoms with Gasteiger partial charge in [-0.15, -0.1) is 0 Å². The van der Waals surface area contributed by atoms with Gasteiger partial charge in [-0.3, -0.25) is 9.36 Å². The van der Waals surface area contributed by atoms with Crippen molar-refractivity contribution in [3.63, 3.8) is 0 Å². The second-order valence-corrected chi connectivity index (χ2v) is 9.31. The lowest BCUT2D eigenvalue weighted by atomic mass is 10.1. The molecule has 37 heavy (non-hydrogen) atoms. The zero-order valence-corrected chi connectivity index (χ0v) is 21.1. The van der Waals surface area contributed by atoms with Crippen molar-refractivity contribution in [2.45, 2.75) is 39.7 Å². The second-order valence-electron chi connectivity index (χ2n) is 9.31. The van der Waals surface area contributed by atoms with Crippen LogP contribution in [0.2, 0.25) is 0 Å². The Hall–Kier alpha value is -4.07. The van der Waals surface area contributed by atoms with E-state index in [1.54, 1.807) is 41.3 Å². The van der Waals surface area contributed by atoms with Gasteiger partial charge >= 0.3 is 6.03 Å². The van der Waals surface area contributed by atoms with Gasteiger partial charge in [0.15, 0.2) is 0 Å². The maximum atomic E-state index is 14.4. The van der Waals surface area contributed by atoms with E-state index in [0.29, 0.717) is 47.7 Å². The maximum Gasteiger partial charge on any atom is 0.322 e. The van der Waals surface area contributed by atoms with Crippen molar-refractivity contribution < 1.29 is 13.6 Å². The Morgan fingerprint density at radius 3 is 2.35 bits per heavy atom. The maximum absolute atomic E-state index is 14.4. The number of urea groups is 1. The van der Waals surface area contributed by atoms with Gasteiger partial charge in [-0.1, -0.05) is 45.0 Å². The molecule has 4 aromatic rings. The van der Waals surface area contributed by atoms with Gasteiger partial charge in [0.1, 0.15) is 17.5 Å². The minimum Gasteiger partial charge on any atom is -0.314 e. The summed E-state index contributed by atoms with van der Waals surface area (Å²) < 4.78 is 29.5. The monoisotopic (exact) mass is 504 g/mol. The molecule has 1 N–H and O–H groups in total. The number of anilines is 1. The molecule has 0 aliphatic heterocycles. The van der Waals surface area contributed by atoms with Gasteiger partial charge in [0.2, 0.25) is 0 Å². The Morgan fingerprint density at radius 1 is 1.00 bits per heavy atom. The van der Waals surface area contributed by atoms with Crippen molar-refractivity contribution >= 4 is 22.6 Å². The number of hydrogen-bond donors (Lipinski definition) is 1. The number of hydrogen-bond acceptors (Lipinski definition) is 3. The fourth-order valence-corrected chi connectivity index (χ4v) is 4.30. The minimum absolute atomic E-state index is 0.0688. The topological polar surface area (TPSA) is 67.2 Å². The van der Waals surface area contributed by atoms with E-state index in [9.17, 15) is 18.4 Å². The predicted octanol–water partition coefficient (Wildman–Crippen LogP) is 6.70. The lowest BCUT2D eigenvalue weighted by molar-refractivity contribution is 0.176. The third-order valence-electron chi connectivity index (χ3n) is 6.27. The first-order valence-corrected chi connectivity index (χ1v) is 12.4. The van der Waals surface area contributed by atoms with Gasteiger partial charge in [-0.05, 0) is 67.3 Å². The van der Waals surface area contributed by atoms with Crippen LogP contribution >= 0.6 is 0 Å². The molecule has 0 saturated heterocycles. The van der Waals surface area contributed by atoms with Crippen molar-refractivity contribution in [3.05, 3.63) is 101 Å². The molecule has 0 saturated carbocycles. The third-order valence-corrected chi connectivity index (χ3v) is 6.27. The molecule has 0 radical (unpaired) electrons. The smallest absolute Gasteiger partial charge is 0.314 e. The fraction of sp³-hybridized carbons (Fsp3) is 0.276. The number of aromatic nitrogens is 2. The molecule has 6 nitrogen and oxygen atoms in total. The number of para-hydroxylation sites is 2. The molecule has 1 heterocycles. The van der Waals surface area contributed by atoms with E-state index in [1.165, 1.54) is 41.0 Å². The van der Waals surface area contributed by atoms with E-state index in [-0.39, 0.29) is 11.2 Å². The van der Waals surface area contributed by atoms with Crippen LogP contribution in [0.1, 0.15) is 45.5 Å². The predicted molar refractivity (Wildman–Crippen MR) is 142 cm³/mol. The van der Waals surface area contributed by atoms with Crippen LogP contribution < -0.4 is 10.9 Å². The van der Waals surface area contributed by atoms with Crippen LogP contribution in [0, 0.1) is 17.6 Å². The zero-order valence-electron chi connectivity index (χ0n) is 21.1. The summed E-state index contributed by atoms with van der Waals surface area (Å²) in [5, 5.41) is 3.10. The molecule has 0 spiro atoms. The minimum atomic E-state index is -0.618. The standard InChI is InChI=1S/C29H30F2N4O2/c1-4-26(34(18-17-19(2)3)29(37)33-25-12-8-6-10-23(25)31)27-32-24-11-7-5-9-22(24)28(36)35(27)21-15-13-20(30)14-16-21/h5-16,19,26H,4,17-18H2,1-3H3,(H,33,37). The number of benzene rings is 3. The molecule has 3 aromatic carbocycles. The molecule has 4 rings (SSSR count). The highest BCUT2D eigenvalue weighted by Gasteiger charge is 2.29. The number of amides is 2. The Labute approximate surface area is 214 Å². The highest BCUT2D eigenvalue weighted by atomic mass is 19.1. The van der Waals surface area contributed by atoms with Gasteiger partial charge in [-0.25, -0.2) is 18.6 Å².